The smallest absolute Gasteiger partial charge is 0.342 e. The molecule has 2 aromatic rings. The second-order valence-corrected chi connectivity index (χ2v) is 5.52. The van der Waals surface area contributed by atoms with Crippen LogP contribution >= 0.6 is 0 Å². The van der Waals surface area contributed by atoms with E-state index in [-0.39, 0.29) is 24.4 Å². The van der Waals surface area contributed by atoms with Gasteiger partial charge in [0.05, 0.1) is 12.8 Å². The average Bonchev–Trinajstić information content (AvgIpc) is 2.62. The molecular weight excluding hydrogens is 338 g/mol. The minimum Gasteiger partial charge on any atom is -0.494 e. The van der Waals surface area contributed by atoms with Crippen LogP contribution in [0.25, 0.3) is 0 Å². The van der Waals surface area contributed by atoms with Crippen molar-refractivity contribution >= 4 is 12.1 Å². The van der Waals surface area contributed by atoms with Crippen LogP contribution in [0.5, 0.6) is 5.75 Å². The van der Waals surface area contributed by atoms with E-state index in [2.05, 4.69) is 27.6 Å². The zero-order valence-electron chi connectivity index (χ0n) is 14.4. The number of benzene rings is 1. The molecule has 1 aromatic carbocycles. The van der Waals surface area contributed by atoms with Crippen LogP contribution in [0.4, 0.5) is 0 Å². The molecule has 9 heteroatoms. The van der Waals surface area contributed by atoms with E-state index in [0.29, 0.717) is 6.61 Å². The first-order chi connectivity index (χ1) is 12.6. The van der Waals surface area contributed by atoms with Crippen molar-refractivity contribution in [1.82, 2.24) is 20.6 Å². The summed E-state index contributed by atoms with van der Waals surface area (Å²) in [5, 5.41) is 9.58. The largest absolute Gasteiger partial charge is 0.494 e. The van der Waals surface area contributed by atoms with Crippen molar-refractivity contribution in [3.8, 4) is 5.75 Å². The second-order valence-electron chi connectivity index (χ2n) is 5.52. The Morgan fingerprint density at radius 2 is 2.08 bits per heavy atom. The Labute approximate surface area is 149 Å². The fourth-order valence-electron chi connectivity index (χ4n) is 1.99. The van der Waals surface area contributed by atoms with Gasteiger partial charge in [-0.15, -0.1) is 0 Å². The highest BCUT2D eigenvalue weighted by molar-refractivity contribution is 5.82. The molecule has 0 bridgehead atoms. The number of carbonyl (C=O) groups excluding carboxylic acids is 1. The van der Waals surface area contributed by atoms with Crippen molar-refractivity contribution in [3.63, 3.8) is 0 Å². The van der Waals surface area contributed by atoms with Crippen LogP contribution in [0.15, 0.2) is 39.0 Å². The molecule has 0 saturated heterocycles. The first kappa shape index (κ1) is 19.1. The van der Waals surface area contributed by atoms with Crippen molar-refractivity contribution < 1.29 is 9.53 Å². The van der Waals surface area contributed by atoms with E-state index in [1.54, 1.807) is 0 Å². The topological polar surface area (TPSA) is 129 Å². The third-order valence-corrected chi connectivity index (χ3v) is 3.42. The number of rotatable bonds is 9. The summed E-state index contributed by atoms with van der Waals surface area (Å²) < 4.78 is 5.56. The molecule has 2 rings (SSSR count). The van der Waals surface area contributed by atoms with Crippen LogP contribution < -0.4 is 21.4 Å². The number of hydrogen-bond acceptors (Lipinski definition) is 6. The number of hydrazone groups is 1. The van der Waals surface area contributed by atoms with Crippen molar-refractivity contribution in [2.24, 2.45) is 5.10 Å². The molecule has 0 unspecified atom stereocenters. The lowest BCUT2D eigenvalue weighted by molar-refractivity contribution is -0.121. The predicted octanol–water partition coefficient (Wildman–Crippen LogP) is 0.720. The Bertz CT molecular complexity index is 854. The predicted molar refractivity (Wildman–Crippen MR) is 96.4 cm³/mol. The molecular formula is C17H21N5O4. The van der Waals surface area contributed by atoms with E-state index < -0.39 is 11.2 Å². The molecule has 138 valence electrons. The molecule has 0 atom stereocenters. The average molecular weight is 359 g/mol. The van der Waals surface area contributed by atoms with Crippen LogP contribution in [-0.2, 0) is 11.2 Å². The van der Waals surface area contributed by atoms with Crippen LogP contribution in [0.1, 0.15) is 37.4 Å². The van der Waals surface area contributed by atoms with Crippen molar-refractivity contribution in [1.29, 1.82) is 0 Å². The summed E-state index contributed by atoms with van der Waals surface area (Å²) >= 11 is 0. The van der Waals surface area contributed by atoms with Gasteiger partial charge in [-0.1, -0.05) is 13.3 Å². The number of nitrogens with zero attached hydrogens (tertiary/aromatic N) is 2. The highest BCUT2D eigenvalue weighted by Gasteiger charge is 2.06. The standard InChI is InChI=1S/C17H21N5O4/c1-2-3-10-26-13-6-4-12(5-7-13)11-18-21-15(23)9-8-14-16(24)19-17(25)22-20-14/h4-7,11H,2-3,8-10H2,1H3,(H,21,23)(H2,19,22,24,25). The van der Waals surface area contributed by atoms with Crippen molar-refractivity contribution in [2.75, 3.05) is 6.61 Å². The number of unbranched alkanes of at least 4 members (excludes halogenated alkanes) is 1. The van der Waals surface area contributed by atoms with Gasteiger partial charge in [0.25, 0.3) is 5.56 Å². The SMILES string of the molecule is CCCCOc1ccc(C=NNC(=O)CCc2n[nH]c(=O)[nH]c2=O)cc1. The van der Waals surface area contributed by atoms with Gasteiger partial charge < -0.3 is 4.74 Å². The van der Waals surface area contributed by atoms with Gasteiger partial charge in [-0.2, -0.15) is 10.2 Å². The number of hydrogen-bond donors (Lipinski definition) is 3. The molecule has 0 fully saturated rings. The molecule has 0 spiro atoms. The number of carbonyl (C=O) groups is 1. The maximum Gasteiger partial charge on any atom is 0.342 e. The Kier molecular flexibility index (Phi) is 7.29. The molecule has 3 N–H and O–H groups in total. The minimum atomic E-state index is -0.686. The lowest BCUT2D eigenvalue weighted by Crippen LogP contribution is -2.28. The molecule has 0 aliphatic carbocycles. The highest BCUT2D eigenvalue weighted by Crippen LogP contribution is 2.11. The van der Waals surface area contributed by atoms with Gasteiger partial charge in [0.15, 0.2) is 0 Å². The van der Waals surface area contributed by atoms with E-state index in [9.17, 15) is 14.4 Å². The molecule has 0 aliphatic heterocycles. The number of nitrogens with one attached hydrogen (secondary N) is 3. The fourth-order valence-corrected chi connectivity index (χ4v) is 1.99. The highest BCUT2D eigenvalue weighted by atomic mass is 16.5. The summed E-state index contributed by atoms with van der Waals surface area (Å²) in [6, 6.07) is 7.35. The zero-order valence-corrected chi connectivity index (χ0v) is 14.4. The lowest BCUT2D eigenvalue weighted by atomic mass is 10.2. The molecule has 1 aromatic heterocycles. The van der Waals surface area contributed by atoms with Gasteiger partial charge in [-0.3, -0.25) is 14.6 Å². The summed E-state index contributed by atoms with van der Waals surface area (Å²) in [4.78, 5) is 36.1. The summed E-state index contributed by atoms with van der Waals surface area (Å²) in [5.41, 5.74) is 1.98. The van der Waals surface area contributed by atoms with Crippen molar-refractivity contribution in [2.45, 2.75) is 32.6 Å². The van der Waals surface area contributed by atoms with Gasteiger partial charge in [-0.05, 0) is 36.2 Å². The summed E-state index contributed by atoms with van der Waals surface area (Å²) in [6.07, 6.45) is 3.71. The van der Waals surface area contributed by atoms with E-state index in [1.165, 1.54) is 6.21 Å². The Morgan fingerprint density at radius 1 is 1.31 bits per heavy atom. The molecule has 1 amide bonds. The second kappa shape index (κ2) is 9.92. The number of amides is 1. The maximum absolute atomic E-state index is 11.7. The lowest BCUT2D eigenvalue weighted by Gasteiger charge is -2.04. The quantitative estimate of drug-likeness (QED) is 0.345. The van der Waals surface area contributed by atoms with E-state index >= 15 is 0 Å². The Morgan fingerprint density at radius 3 is 2.77 bits per heavy atom. The molecule has 26 heavy (non-hydrogen) atoms. The Hall–Kier alpha value is -3.23. The first-order valence-corrected chi connectivity index (χ1v) is 8.31. The van der Waals surface area contributed by atoms with Gasteiger partial charge in [0.1, 0.15) is 11.4 Å². The number of aromatic nitrogens is 3. The number of aromatic amines is 2. The summed E-state index contributed by atoms with van der Waals surface area (Å²) in [5.74, 6) is 0.423. The summed E-state index contributed by atoms with van der Waals surface area (Å²) in [7, 11) is 0. The zero-order chi connectivity index (χ0) is 18.8. The van der Waals surface area contributed by atoms with Crippen LogP contribution in [0, 0.1) is 0 Å². The van der Waals surface area contributed by atoms with Crippen LogP contribution in [0.3, 0.4) is 0 Å². The van der Waals surface area contributed by atoms with Crippen LogP contribution in [-0.4, -0.2) is 33.9 Å². The third-order valence-electron chi connectivity index (χ3n) is 3.42. The molecule has 0 aliphatic rings. The summed E-state index contributed by atoms with van der Waals surface area (Å²) in [6.45, 7) is 2.79. The Balaban J connectivity index is 1.77. The number of aryl methyl sites for hydroxylation is 1. The van der Waals surface area contributed by atoms with Gasteiger partial charge in [0, 0.05) is 12.8 Å². The van der Waals surface area contributed by atoms with Crippen molar-refractivity contribution in [3.05, 3.63) is 56.4 Å². The van der Waals surface area contributed by atoms with Gasteiger partial charge in [0.2, 0.25) is 5.91 Å². The molecule has 1 heterocycles. The number of H-pyrrole nitrogens is 2. The number of ether oxygens (including phenoxy) is 1. The monoisotopic (exact) mass is 359 g/mol. The van der Waals surface area contributed by atoms with Gasteiger partial charge in [-0.25, -0.2) is 15.3 Å². The third kappa shape index (κ3) is 6.34. The molecule has 0 radical (unpaired) electrons. The van der Waals surface area contributed by atoms with E-state index in [0.717, 1.165) is 24.2 Å². The van der Waals surface area contributed by atoms with Crippen LogP contribution in [0.2, 0.25) is 0 Å². The van der Waals surface area contributed by atoms with E-state index in [1.807, 2.05) is 29.2 Å². The normalized spacial score (nSPS) is 10.8. The molecule has 9 nitrogen and oxygen atoms in total. The van der Waals surface area contributed by atoms with E-state index in [4.69, 9.17) is 4.74 Å². The van der Waals surface area contributed by atoms with Gasteiger partial charge >= 0.3 is 5.69 Å². The molecule has 0 saturated carbocycles. The fraction of sp³-hybridized carbons (Fsp3) is 0.353. The minimum absolute atomic E-state index is 0.0175. The first-order valence-electron chi connectivity index (χ1n) is 8.31. The maximum atomic E-state index is 11.7.